The number of nitrogen functional groups attached to an aromatic ring is 1. The van der Waals surface area contributed by atoms with Crippen LogP contribution < -0.4 is 10.6 Å². The maximum absolute atomic E-state index is 9.24. The van der Waals surface area contributed by atoms with E-state index in [4.69, 9.17) is 11.1 Å². The van der Waals surface area contributed by atoms with Crippen LogP contribution in [0.1, 0.15) is 18.4 Å². The molecule has 0 aromatic heterocycles. The highest BCUT2D eigenvalue weighted by atomic mass is 16.3. The fourth-order valence-corrected chi connectivity index (χ4v) is 2.41. The van der Waals surface area contributed by atoms with E-state index in [1.54, 1.807) is 0 Å². The van der Waals surface area contributed by atoms with Gasteiger partial charge < -0.3 is 15.7 Å². The zero-order valence-electron chi connectivity index (χ0n) is 9.89. The van der Waals surface area contributed by atoms with E-state index in [0.717, 1.165) is 37.2 Å². The monoisotopic (exact) mass is 233 g/mol. The first kappa shape index (κ1) is 11.9. The Bertz CT molecular complexity index is 405. The van der Waals surface area contributed by atoms with Crippen LogP contribution in [0, 0.1) is 11.3 Å². The first-order valence-corrected chi connectivity index (χ1v) is 6.01. The number of nitrogens with two attached hydrogens (primary N) is 1. The number of para-hydroxylation sites is 1. The summed E-state index contributed by atoms with van der Waals surface area (Å²) in [6.45, 7) is 2.06. The van der Waals surface area contributed by atoms with E-state index in [2.05, 4.69) is 4.90 Å². The molecule has 0 radical (unpaired) electrons. The molecule has 92 valence electrons. The Kier molecular flexibility index (Phi) is 3.64. The summed E-state index contributed by atoms with van der Waals surface area (Å²) >= 11 is 0. The van der Waals surface area contributed by atoms with Gasteiger partial charge in [-0.05, 0) is 30.9 Å². The lowest BCUT2D eigenvalue weighted by Gasteiger charge is -2.34. The molecule has 4 N–H and O–H groups in total. The van der Waals surface area contributed by atoms with Gasteiger partial charge in [-0.2, -0.15) is 0 Å². The highest BCUT2D eigenvalue weighted by Gasteiger charge is 2.21. The number of amidine groups is 1. The lowest BCUT2D eigenvalue weighted by Crippen LogP contribution is -2.37. The first-order valence-electron chi connectivity index (χ1n) is 6.01. The topological polar surface area (TPSA) is 73.3 Å². The van der Waals surface area contributed by atoms with Crippen LogP contribution in [0.3, 0.4) is 0 Å². The maximum Gasteiger partial charge on any atom is 0.124 e. The molecular formula is C13H19N3O. The number of nitrogens with zero attached hydrogens (tertiary/aromatic N) is 1. The number of rotatable bonds is 3. The predicted molar refractivity (Wildman–Crippen MR) is 69.5 cm³/mol. The number of hydrogen-bond donors (Lipinski definition) is 3. The molecule has 4 nitrogen and oxygen atoms in total. The number of nitrogens with one attached hydrogen (secondary N) is 1. The van der Waals surface area contributed by atoms with E-state index in [1.807, 2.05) is 24.3 Å². The molecule has 0 saturated carbocycles. The molecule has 2 rings (SSSR count). The van der Waals surface area contributed by atoms with Gasteiger partial charge >= 0.3 is 0 Å². The second kappa shape index (κ2) is 5.19. The minimum absolute atomic E-state index is 0.103. The minimum atomic E-state index is 0.103. The maximum atomic E-state index is 9.24. The molecule has 17 heavy (non-hydrogen) atoms. The molecule has 1 saturated heterocycles. The molecular weight excluding hydrogens is 214 g/mol. The number of benzene rings is 1. The average Bonchev–Trinajstić information content (AvgIpc) is 2.39. The molecule has 1 aromatic rings. The van der Waals surface area contributed by atoms with Gasteiger partial charge in [0.25, 0.3) is 0 Å². The zero-order valence-corrected chi connectivity index (χ0v) is 9.89. The third-order valence-corrected chi connectivity index (χ3v) is 3.31. The standard InChI is InChI=1S/C13H19N3O/c14-13(15)11-5-1-2-6-12(11)16-7-3-4-10(8-16)9-17/h1-2,5-6,10,17H,3-4,7-9H2,(H3,14,15). The normalized spacial score (nSPS) is 20.3. The highest BCUT2D eigenvalue weighted by Crippen LogP contribution is 2.25. The van der Waals surface area contributed by atoms with Crippen LogP contribution >= 0.6 is 0 Å². The van der Waals surface area contributed by atoms with Gasteiger partial charge in [0.15, 0.2) is 0 Å². The summed E-state index contributed by atoms with van der Waals surface area (Å²) in [7, 11) is 0. The second-order valence-corrected chi connectivity index (χ2v) is 4.57. The van der Waals surface area contributed by atoms with E-state index < -0.39 is 0 Å². The van der Waals surface area contributed by atoms with Crippen molar-refractivity contribution in [1.82, 2.24) is 0 Å². The first-order chi connectivity index (χ1) is 8.22. The third-order valence-electron chi connectivity index (χ3n) is 3.31. The van der Waals surface area contributed by atoms with Crippen LogP contribution in [-0.4, -0.2) is 30.6 Å². The van der Waals surface area contributed by atoms with Gasteiger partial charge in [-0.15, -0.1) is 0 Å². The lowest BCUT2D eigenvalue weighted by atomic mass is 9.97. The third kappa shape index (κ3) is 2.58. The van der Waals surface area contributed by atoms with Crippen molar-refractivity contribution in [3.63, 3.8) is 0 Å². The molecule has 1 atom stereocenters. The van der Waals surface area contributed by atoms with Crippen LogP contribution in [0.4, 0.5) is 5.69 Å². The molecule has 1 aliphatic heterocycles. The summed E-state index contributed by atoms with van der Waals surface area (Å²) in [6.07, 6.45) is 2.16. The summed E-state index contributed by atoms with van der Waals surface area (Å²) in [5.41, 5.74) is 7.39. The van der Waals surface area contributed by atoms with Crippen molar-refractivity contribution < 1.29 is 5.11 Å². The van der Waals surface area contributed by atoms with Crippen molar-refractivity contribution in [2.24, 2.45) is 11.7 Å². The highest BCUT2D eigenvalue weighted by molar-refractivity contribution is 6.00. The number of aliphatic hydroxyl groups is 1. The fourth-order valence-electron chi connectivity index (χ4n) is 2.41. The Labute approximate surface area is 102 Å². The van der Waals surface area contributed by atoms with Gasteiger partial charge in [0.2, 0.25) is 0 Å². The van der Waals surface area contributed by atoms with E-state index in [-0.39, 0.29) is 12.4 Å². The van der Waals surface area contributed by atoms with Crippen molar-refractivity contribution in [1.29, 1.82) is 5.41 Å². The number of anilines is 1. The molecule has 1 unspecified atom stereocenters. The Morgan fingerprint density at radius 2 is 2.24 bits per heavy atom. The van der Waals surface area contributed by atoms with Crippen LogP contribution in [0.5, 0.6) is 0 Å². The number of aliphatic hydroxyl groups excluding tert-OH is 1. The quantitative estimate of drug-likeness (QED) is 0.542. The summed E-state index contributed by atoms with van der Waals surface area (Å²) in [5, 5.41) is 16.8. The summed E-state index contributed by atoms with van der Waals surface area (Å²) < 4.78 is 0. The predicted octanol–water partition coefficient (Wildman–Crippen LogP) is 1.18. The van der Waals surface area contributed by atoms with Gasteiger partial charge in [0, 0.05) is 30.9 Å². The van der Waals surface area contributed by atoms with Crippen LogP contribution in [-0.2, 0) is 0 Å². The van der Waals surface area contributed by atoms with E-state index in [1.165, 1.54) is 0 Å². The van der Waals surface area contributed by atoms with Crippen molar-refractivity contribution >= 4 is 11.5 Å². The molecule has 4 heteroatoms. The van der Waals surface area contributed by atoms with Gasteiger partial charge in [-0.1, -0.05) is 12.1 Å². The lowest BCUT2D eigenvalue weighted by molar-refractivity contribution is 0.208. The fraction of sp³-hybridized carbons (Fsp3) is 0.462. The van der Waals surface area contributed by atoms with Crippen molar-refractivity contribution in [2.45, 2.75) is 12.8 Å². The second-order valence-electron chi connectivity index (χ2n) is 4.57. The van der Waals surface area contributed by atoms with Gasteiger partial charge in [0.05, 0.1) is 0 Å². The Morgan fingerprint density at radius 3 is 2.94 bits per heavy atom. The van der Waals surface area contributed by atoms with Crippen LogP contribution in [0.2, 0.25) is 0 Å². The summed E-state index contributed by atoms with van der Waals surface area (Å²) in [6, 6.07) is 7.73. The van der Waals surface area contributed by atoms with E-state index in [9.17, 15) is 5.11 Å². The molecule has 0 amide bonds. The molecule has 0 bridgehead atoms. The molecule has 1 heterocycles. The smallest absolute Gasteiger partial charge is 0.124 e. The van der Waals surface area contributed by atoms with Crippen molar-refractivity contribution in [3.8, 4) is 0 Å². The van der Waals surface area contributed by atoms with E-state index >= 15 is 0 Å². The average molecular weight is 233 g/mol. The summed E-state index contributed by atoms with van der Waals surface area (Å²) in [4.78, 5) is 2.22. The van der Waals surface area contributed by atoms with Crippen LogP contribution in [0.15, 0.2) is 24.3 Å². The molecule has 0 spiro atoms. The minimum Gasteiger partial charge on any atom is -0.396 e. The zero-order chi connectivity index (χ0) is 12.3. The van der Waals surface area contributed by atoms with Crippen LogP contribution in [0.25, 0.3) is 0 Å². The van der Waals surface area contributed by atoms with Gasteiger partial charge in [-0.3, -0.25) is 5.41 Å². The Hall–Kier alpha value is -1.55. The van der Waals surface area contributed by atoms with E-state index in [0.29, 0.717) is 5.92 Å². The molecule has 1 aromatic carbocycles. The van der Waals surface area contributed by atoms with Gasteiger partial charge in [-0.25, -0.2) is 0 Å². The van der Waals surface area contributed by atoms with Crippen molar-refractivity contribution in [2.75, 3.05) is 24.6 Å². The number of hydrogen-bond acceptors (Lipinski definition) is 3. The van der Waals surface area contributed by atoms with Gasteiger partial charge in [0.1, 0.15) is 5.84 Å². The largest absolute Gasteiger partial charge is 0.396 e. The Balaban J connectivity index is 2.24. The number of piperidine rings is 1. The SMILES string of the molecule is N=C(N)c1ccccc1N1CCCC(CO)C1. The summed E-state index contributed by atoms with van der Waals surface area (Å²) in [5.74, 6) is 0.440. The molecule has 1 aliphatic rings. The molecule has 1 fully saturated rings. The molecule has 0 aliphatic carbocycles. The van der Waals surface area contributed by atoms with Crippen molar-refractivity contribution in [3.05, 3.63) is 29.8 Å². The Morgan fingerprint density at radius 1 is 1.47 bits per heavy atom.